The lowest BCUT2D eigenvalue weighted by molar-refractivity contribution is -0.122. The Morgan fingerprint density at radius 3 is 2.61 bits per heavy atom. The molecule has 1 aliphatic heterocycles. The first-order valence-corrected chi connectivity index (χ1v) is 8.95. The Balaban J connectivity index is 1.83. The number of benzene rings is 1. The number of hydrogen-bond donors (Lipinski definition) is 1. The monoisotopic (exact) mass is 312 g/mol. The molecule has 3 heteroatoms. The van der Waals surface area contributed by atoms with Crippen LogP contribution in [0, 0.1) is 5.92 Å². The normalized spacial score (nSPS) is 21.2. The number of aliphatic imine (C=N–C) groups is 1. The van der Waals surface area contributed by atoms with Gasteiger partial charge in [-0.1, -0.05) is 31.7 Å². The predicted octanol–water partition coefficient (Wildman–Crippen LogP) is 4.32. The number of rotatable bonds is 3. The van der Waals surface area contributed by atoms with Gasteiger partial charge in [0.2, 0.25) is 0 Å². The smallest absolute Gasteiger partial charge is 0.141 e. The number of fused-ring (bicyclic) bond motifs is 1. The van der Waals surface area contributed by atoms with E-state index in [9.17, 15) is 4.79 Å². The first-order valence-electron chi connectivity index (χ1n) is 8.95. The highest BCUT2D eigenvalue weighted by atomic mass is 16.1. The average Bonchev–Trinajstić information content (AvgIpc) is 2.74. The standard InChI is InChI=1S/C20H28N2O/c1-20(2)13-15-11-16(21)9-10-17(15)18(22-20)12-19(23)14-7-5-3-4-6-8-14/h9-11,14H,3-8,12-13,21H2,1-2H3. The van der Waals surface area contributed by atoms with Crippen LogP contribution in [0.25, 0.3) is 0 Å². The Kier molecular flexibility index (Phi) is 4.56. The van der Waals surface area contributed by atoms with Crippen molar-refractivity contribution in [3.05, 3.63) is 29.3 Å². The molecule has 1 aromatic carbocycles. The van der Waals surface area contributed by atoms with E-state index >= 15 is 0 Å². The van der Waals surface area contributed by atoms with Crippen LogP contribution in [0.5, 0.6) is 0 Å². The van der Waals surface area contributed by atoms with Crippen molar-refractivity contribution >= 4 is 17.2 Å². The number of nitrogens with zero attached hydrogens (tertiary/aromatic N) is 1. The average molecular weight is 312 g/mol. The highest BCUT2D eigenvalue weighted by molar-refractivity contribution is 6.13. The van der Waals surface area contributed by atoms with Crippen molar-refractivity contribution in [2.45, 2.75) is 70.8 Å². The molecule has 3 rings (SSSR count). The van der Waals surface area contributed by atoms with E-state index < -0.39 is 0 Å². The molecule has 0 radical (unpaired) electrons. The molecule has 0 saturated heterocycles. The number of carbonyl (C=O) groups excluding carboxylic acids is 1. The number of carbonyl (C=O) groups is 1. The highest BCUT2D eigenvalue weighted by Gasteiger charge is 2.29. The van der Waals surface area contributed by atoms with Crippen LogP contribution in [0.2, 0.25) is 0 Å². The van der Waals surface area contributed by atoms with Crippen LogP contribution in [0.1, 0.15) is 69.9 Å². The van der Waals surface area contributed by atoms with Crippen LogP contribution in [-0.2, 0) is 11.2 Å². The summed E-state index contributed by atoms with van der Waals surface area (Å²) >= 11 is 0. The van der Waals surface area contributed by atoms with Crippen molar-refractivity contribution < 1.29 is 4.79 Å². The van der Waals surface area contributed by atoms with Crippen LogP contribution in [0.4, 0.5) is 5.69 Å². The summed E-state index contributed by atoms with van der Waals surface area (Å²) in [6.07, 6.45) is 8.43. The number of hydrogen-bond acceptors (Lipinski definition) is 3. The maximum Gasteiger partial charge on any atom is 0.141 e. The maximum atomic E-state index is 12.8. The Labute approximate surface area is 139 Å². The molecule has 0 atom stereocenters. The Hall–Kier alpha value is -1.64. The second-order valence-electron chi connectivity index (χ2n) is 7.80. The Bertz CT molecular complexity index is 623. The lowest BCUT2D eigenvalue weighted by Gasteiger charge is -2.29. The molecule has 23 heavy (non-hydrogen) atoms. The summed E-state index contributed by atoms with van der Waals surface area (Å²) in [6.45, 7) is 4.27. The first-order chi connectivity index (χ1) is 10.9. The second-order valence-corrected chi connectivity index (χ2v) is 7.80. The number of anilines is 1. The van der Waals surface area contributed by atoms with Gasteiger partial charge in [-0.2, -0.15) is 0 Å². The lowest BCUT2D eigenvalue weighted by atomic mass is 9.83. The van der Waals surface area contributed by atoms with Crippen LogP contribution < -0.4 is 5.73 Å². The van der Waals surface area contributed by atoms with Gasteiger partial charge in [0.1, 0.15) is 5.78 Å². The van der Waals surface area contributed by atoms with Gasteiger partial charge in [0, 0.05) is 18.0 Å². The zero-order chi connectivity index (χ0) is 16.4. The van der Waals surface area contributed by atoms with Crippen molar-refractivity contribution in [3.8, 4) is 0 Å². The van der Waals surface area contributed by atoms with Crippen LogP contribution in [0.3, 0.4) is 0 Å². The van der Waals surface area contributed by atoms with Gasteiger partial charge in [-0.25, -0.2) is 0 Å². The quantitative estimate of drug-likeness (QED) is 0.667. The molecule has 2 N–H and O–H groups in total. The molecule has 1 aromatic rings. The third kappa shape index (κ3) is 3.82. The zero-order valence-electron chi connectivity index (χ0n) is 14.4. The van der Waals surface area contributed by atoms with Gasteiger partial charge in [-0.3, -0.25) is 9.79 Å². The summed E-state index contributed by atoms with van der Waals surface area (Å²) in [5.41, 5.74) is 9.90. The van der Waals surface area contributed by atoms with Crippen molar-refractivity contribution in [1.29, 1.82) is 0 Å². The van der Waals surface area contributed by atoms with Crippen LogP contribution in [-0.4, -0.2) is 17.0 Å². The summed E-state index contributed by atoms with van der Waals surface area (Å²) in [4.78, 5) is 17.7. The van der Waals surface area contributed by atoms with Crippen LogP contribution in [0.15, 0.2) is 23.2 Å². The SMILES string of the molecule is CC1(C)Cc2cc(N)ccc2C(CC(=O)C2CCCCCC2)=N1. The van der Waals surface area contributed by atoms with Crippen molar-refractivity contribution in [2.24, 2.45) is 10.9 Å². The summed E-state index contributed by atoms with van der Waals surface area (Å²) in [6, 6.07) is 6.00. The second kappa shape index (κ2) is 6.46. The fourth-order valence-electron chi connectivity index (χ4n) is 4.02. The molecule has 0 spiro atoms. The maximum absolute atomic E-state index is 12.8. The zero-order valence-corrected chi connectivity index (χ0v) is 14.4. The lowest BCUT2D eigenvalue weighted by Crippen LogP contribution is -2.31. The van der Waals surface area contributed by atoms with E-state index in [0.717, 1.165) is 36.2 Å². The summed E-state index contributed by atoms with van der Waals surface area (Å²) in [5.74, 6) is 0.619. The minimum Gasteiger partial charge on any atom is -0.399 e. The Morgan fingerprint density at radius 1 is 1.22 bits per heavy atom. The van der Waals surface area contributed by atoms with E-state index in [2.05, 4.69) is 13.8 Å². The van der Waals surface area contributed by atoms with Gasteiger partial charge in [0.15, 0.2) is 0 Å². The molecule has 0 bridgehead atoms. The van der Waals surface area contributed by atoms with E-state index in [4.69, 9.17) is 10.7 Å². The molecule has 0 amide bonds. The van der Waals surface area contributed by atoms with Crippen molar-refractivity contribution in [1.82, 2.24) is 0 Å². The first kappa shape index (κ1) is 16.2. The molecule has 1 fully saturated rings. The number of nitrogens with two attached hydrogens (primary N) is 1. The number of Topliss-reactive ketones (excluding diaryl/α,β-unsaturated/α-hetero) is 1. The minimum absolute atomic E-state index is 0.153. The molecular weight excluding hydrogens is 284 g/mol. The van der Waals surface area contributed by atoms with Gasteiger partial charge in [-0.15, -0.1) is 0 Å². The Morgan fingerprint density at radius 2 is 1.91 bits per heavy atom. The molecule has 1 heterocycles. The molecule has 0 aromatic heterocycles. The molecule has 1 aliphatic carbocycles. The highest BCUT2D eigenvalue weighted by Crippen LogP contribution is 2.31. The molecule has 3 nitrogen and oxygen atoms in total. The fourth-order valence-corrected chi connectivity index (χ4v) is 4.02. The molecule has 2 aliphatic rings. The summed E-state index contributed by atoms with van der Waals surface area (Å²) in [5, 5.41) is 0. The van der Waals surface area contributed by atoms with Crippen molar-refractivity contribution in [3.63, 3.8) is 0 Å². The van der Waals surface area contributed by atoms with E-state index in [0.29, 0.717) is 12.2 Å². The molecule has 1 saturated carbocycles. The largest absolute Gasteiger partial charge is 0.399 e. The minimum atomic E-state index is -0.153. The molecule has 124 valence electrons. The topological polar surface area (TPSA) is 55.5 Å². The predicted molar refractivity (Wildman–Crippen MR) is 96.0 cm³/mol. The van der Waals surface area contributed by atoms with Gasteiger partial charge >= 0.3 is 0 Å². The van der Waals surface area contributed by atoms with Crippen molar-refractivity contribution in [2.75, 3.05) is 5.73 Å². The van der Waals surface area contributed by atoms with Gasteiger partial charge < -0.3 is 5.73 Å². The van der Waals surface area contributed by atoms with Crippen LogP contribution >= 0.6 is 0 Å². The van der Waals surface area contributed by atoms with E-state index in [1.165, 1.54) is 31.2 Å². The number of nitrogen functional groups attached to an aromatic ring is 1. The van der Waals surface area contributed by atoms with E-state index in [1.54, 1.807) is 0 Å². The third-order valence-corrected chi connectivity index (χ3v) is 5.15. The van der Waals surface area contributed by atoms with Gasteiger partial charge in [-0.05, 0) is 56.4 Å². The summed E-state index contributed by atoms with van der Waals surface area (Å²) < 4.78 is 0. The molecule has 0 unspecified atom stereocenters. The molecular formula is C20H28N2O. The summed E-state index contributed by atoms with van der Waals surface area (Å²) in [7, 11) is 0. The van der Waals surface area contributed by atoms with E-state index in [-0.39, 0.29) is 11.5 Å². The third-order valence-electron chi connectivity index (χ3n) is 5.15. The fraction of sp³-hybridized carbons (Fsp3) is 0.600. The van der Waals surface area contributed by atoms with Gasteiger partial charge in [0.25, 0.3) is 0 Å². The number of ketones is 1. The van der Waals surface area contributed by atoms with E-state index in [1.807, 2.05) is 18.2 Å². The van der Waals surface area contributed by atoms with Gasteiger partial charge in [0.05, 0.1) is 11.3 Å².